The van der Waals surface area contributed by atoms with E-state index in [0.717, 1.165) is 50.9 Å². The maximum Gasteiger partial charge on any atom is 0.248 e. The number of nitrogens with zero attached hydrogens (tertiary/aromatic N) is 2. The molecular formula is C23H37N3O5. The van der Waals surface area contributed by atoms with Gasteiger partial charge in [0.25, 0.3) is 0 Å². The molecule has 8 heteroatoms. The van der Waals surface area contributed by atoms with Gasteiger partial charge < -0.3 is 19.5 Å². The summed E-state index contributed by atoms with van der Waals surface area (Å²) in [5.41, 5.74) is 2.39. The lowest BCUT2D eigenvalue weighted by Crippen LogP contribution is -2.56. The highest BCUT2D eigenvalue weighted by Crippen LogP contribution is 2.49. The van der Waals surface area contributed by atoms with Gasteiger partial charge in [-0.25, -0.2) is 5.43 Å². The Morgan fingerprint density at radius 2 is 1.97 bits per heavy atom. The Kier molecular flexibility index (Phi) is 5.94. The van der Waals surface area contributed by atoms with Crippen molar-refractivity contribution in [1.29, 1.82) is 0 Å². The molecule has 4 heterocycles. The van der Waals surface area contributed by atoms with E-state index in [4.69, 9.17) is 9.47 Å². The van der Waals surface area contributed by atoms with Crippen LogP contribution in [0.3, 0.4) is 0 Å². The van der Waals surface area contributed by atoms with E-state index in [1.165, 1.54) is 0 Å². The number of ether oxygens (including phenoxy) is 2. The first-order valence-electron chi connectivity index (χ1n) is 11.7. The fourth-order valence-electron chi connectivity index (χ4n) is 5.73. The van der Waals surface area contributed by atoms with E-state index in [1.807, 2.05) is 25.7 Å². The molecule has 0 aromatic heterocycles. The molecule has 0 aromatic rings. The van der Waals surface area contributed by atoms with Gasteiger partial charge in [0.1, 0.15) is 0 Å². The average molecular weight is 436 g/mol. The zero-order valence-electron chi connectivity index (χ0n) is 19.3. The van der Waals surface area contributed by atoms with Crippen LogP contribution in [0.1, 0.15) is 72.6 Å². The largest absolute Gasteiger partial charge is 0.390 e. The molecule has 0 unspecified atom stereocenters. The first kappa shape index (κ1) is 22.7. The van der Waals surface area contributed by atoms with Crippen LogP contribution in [0.25, 0.3) is 0 Å². The number of aliphatic hydroxyl groups excluding tert-OH is 1. The zero-order valence-corrected chi connectivity index (χ0v) is 19.3. The third-order valence-corrected chi connectivity index (χ3v) is 8.09. The Morgan fingerprint density at radius 3 is 2.58 bits per heavy atom. The van der Waals surface area contributed by atoms with Gasteiger partial charge in [0.15, 0.2) is 0 Å². The van der Waals surface area contributed by atoms with Crippen LogP contribution in [0.4, 0.5) is 0 Å². The number of aliphatic hydroxyl groups is 1. The van der Waals surface area contributed by atoms with Crippen molar-refractivity contribution in [2.75, 3.05) is 19.7 Å². The summed E-state index contributed by atoms with van der Waals surface area (Å²) in [7, 11) is 0. The van der Waals surface area contributed by atoms with Gasteiger partial charge in [-0.05, 0) is 71.6 Å². The SMILES string of the molecule is CC1=NNC(=O)[C@@H]1CCC(=O)N1CCC2(CC1)CO[C@@H]([C@@]1(C)CC[C@H](O)C(C)(C)O1)C2. The molecule has 31 heavy (non-hydrogen) atoms. The third kappa shape index (κ3) is 4.39. The van der Waals surface area contributed by atoms with Gasteiger partial charge in [0.05, 0.1) is 35.9 Å². The van der Waals surface area contributed by atoms with Crippen LogP contribution in [0.2, 0.25) is 0 Å². The van der Waals surface area contributed by atoms with Crippen molar-refractivity contribution >= 4 is 17.5 Å². The van der Waals surface area contributed by atoms with E-state index in [-0.39, 0.29) is 34.9 Å². The summed E-state index contributed by atoms with van der Waals surface area (Å²) >= 11 is 0. The molecular weight excluding hydrogens is 398 g/mol. The highest BCUT2D eigenvalue weighted by atomic mass is 16.6. The van der Waals surface area contributed by atoms with Crippen LogP contribution >= 0.6 is 0 Å². The van der Waals surface area contributed by atoms with E-state index < -0.39 is 11.7 Å². The second kappa shape index (κ2) is 8.12. The van der Waals surface area contributed by atoms with Crippen LogP contribution in [-0.2, 0) is 19.1 Å². The van der Waals surface area contributed by atoms with Gasteiger partial charge in [-0.3, -0.25) is 9.59 Å². The lowest BCUT2D eigenvalue weighted by atomic mass is 9.73. The Bertz CT molecular complexity index is 758. The molecule has 0 aliphatic carbocycles. The Hall–Kier alpha value is -1.51. The predicted molar refractivity (Wildman–Crippen MR) is 115 cm³/mol. The fraction of sp³-hybridized carbons (Fsp3) is 0.870. The number of likely N-dealkylation sites (tertiary alicyclic amines) is 1. The quantitative estimate of drug-likeness (QED) is 0.703. The summed E-state index contributed by atoms with van der Waals surface area (Å²) in [4.78, 5) is 26.5. The van der Waals surface area contributed by atoms with Gasteiger partial charge in [-0.2, -0.15) is 5.10 Å². The van der Waals surface area contributed by atoms with E-state index in [2.05, 4.69) is 17.5 Å². The summed E-state index contributed by atoms with van der Waals surface area (Å²) in [6, 6.07) is 0. The van der Waals surface area contributed by atoms with Crippen molar-refractivity contribution in [2.45, 2.75) is 96.1 Å². The monoisotopic (exact) mass is 435 g/mol. The highest BCUT2D eigenvalue weighted by Gasteiger charge is 2.53. The molecule has 3 saturated heterocycles. The smallest absolute Gasteiger partial charge is 0.248 e. The van der Waals surface area contributed by atoms with Crippen molar-refractivity contribution in [3.8, 4) is 0 Å². The van der Waals surface area contributed by atoms with E-state index in [0.29, 0.717) is 19.4 Å². The van der Waals surface area contributed by atoms with Gasteiger partial charge in [0, 0.05) is 25.2 Å². The first-order valence-corrected chi connectivity index (χ1v) is 11.7. The number of piperidine rings is 1. The third-order valence-electron chi connectivity index (χ3n) is 8.09. The van der Waals surface area contributed by atoms with Gasteiger partial charge in [-0.15, -0.1) is 0 Å². The standard InChI is InChI=1S/C23H37N3O5/c1-15-16(20(29)25-24-15)5-6-19(28)26-11-9-23(10-12-26)13-18(30-14-23)22(4)8-7-17(27)21(2,3)31-22/h16-18,27H,5-14H2,1-4H3,(H,25,29)/t16-,17+,18-,22-/m1/s1. The van der Waals surface area contributed by atoms with Crippen molar-refractivity contribution in [3.05, 3.63) is 0 Å². The number of nitrogens with one attached hydrogen (secondary N) is 1. The molecule has 4 aliphatic rings. The average Bonchev–Trinajstić information content (AvgIpc) is 3.28. The number of amides is 2. The second-order valence-corrected chi connectivity index (χ2v) is 10.8. The number of hydrogen-bond donors (Lipinski definition) is 2. The van der Waals surface area contributed by atoms with Crippen LogP contribution in [0.5, 0.6) is 0 Å². The zero-order chi connectivity index (χ0) is 22.4. The maximum atomic E-state index is 12.7. The van der Waals surface area contributed by atoms with Crippen LogP contribution in [0.15, 0.2) is 5.10 Å². The number of hydrogen-bond acceptors (Lipinski definition) is 6. The number of carbonyl (C=O) groups excluding carboxylic acids is 2. The van der Waals surface area contributed by atoms with Crippen LogP contribution in [-0.4, -0.2) is 70.6 Å². The highest BCUT2D eigenvalue weighted by molar-refractivity contribution is 6.07. The van der Waals surface area contributed by atoms with Crippen molar-refractivity contribution in [3.63, 3.8) is 0 Å². The normalized spacial score (nSPS) is 37.1. The van der Waals surface area contributed by atoms with E-state index >= 15 is 0 Å². The minimum Gasteiger partial charge on any atom is -0.390 e. The topological polar surface area (TPSA) is 100 Å². The van der Waals surface area contributed by atoms with Gasteiger partial charge >= 0.3 is 0 Å². The summed E-state index contributed by atoms with van der Waals surface area (Å²) < 4.78 is 12.7. The lowest BCUT2D eigenvalue weighted by molar-refractivity contribution is -0.245. The second-order valence-electron chi connectivity index (χ2n) is 10.8. The Labute approximate surface area is 184 Å². The molecule has 0 radical (unpaired) electrons. The molecule has 2 amide bonds. The number of hydrazone groups is 1. The van der Waals surface area contributed by atoms with Crippen molar-refractivity contribution < 1.29 is 24.2 Å². The minimum atomic E-state index is -0.568. The Balaban J connectivity index is 1.28. The summed E-state index contributed by atoms with van der Waals surface area (Å²) in [6.07, 6.45) is 4.78. The molecule has 174 valence electrons. The number of carbonyl (C=O) groups is 2. The van der Waals surface area contributed by atoms with Gasteiger partial charge in [0.2, 0.25) is 11.8 Å². The van der Waals surface area contributed by atoms with E-state index in [1.54, 1.807) is 0 Å². The summed E-state index contributed by atoms with van der Waals surface area (Å²) in [6.45, 7) is 10.0. The Morgan fingerprint density at radius 1 is 1.26 bits per heavy atom. The minimum absolute atomic E-state index is 0.0182. The molecule has 4 aliphatic heterocycles. The molecule has 0 bridgehead atoms. The number of rotatable bonds is 4. The fourth-order valence-corrected chi connectivity index (χ4v) is 5.73. The molecule has 0 saturated carbocycles. The van der Waals surface area contributed by atoms with Crippen LogP contribution < -0.4 is 5.43 Å². The van der Waals surface area contributed by atoms with Crippen molar-refractivity contribution in [1.82, 2.24) is 10.3 Å². The molecule has 2 N–H and O–H groups in total. The van der Waals surface area contributed by atoms with Crippen LogP contribution in [0, 0.1) is 11.3 Å². The molecule has 3 fully saturated rings. The molecule has 0 aromatic carbocycles. The van der Waals surface area contributed by atoms with E-state index in [9.17, 15) is 14.7 Å². The molecule has 8 nitrogen and oxygen atoms in total. The summed E-state index contributed by atoms with van der Waals surface area (Å²) in [5, 5.41) is 14.2. The van der Waals surface area contributed by atoms with Crippen molar-refractivity contribution in [2.24, 2.45) is 16.4 Å². The predicted octanol–water partition coefficient (Wildman–Crippen LogP) is 1.99. The molecule has 1 spiro atoms. The summed E-state index contributed by atoms with van der Waals surface area (Å²) in [5.74, 6) is -0.259. The maximum absolute atomic E-state index is 12.7. The molecule has 4 rings (SSSR count). The lowest BCUT2D eigenvalue weighted by Gasteiger charge is -2.48. The molecule has 4 atom stereocenters. The van der Waals surface area contributed by atoms with Gasteiger partial charge in [-0.1, -0.05) is 0 Å². The first-order chi connectivity index (χ1) is 14.5.